The number of ether oxygens (including phenoxy) is 1. The highest BCUT2D eigenvalue weighted by Gasteiger charge is 2.43. The summed E-state index contributed by atoms with van der Waals surface area (Å²) in [5.74, 6) is 0.848. The summed E-state index contributed by atoms with van der Waals surface area (Å²) in [5, 5.41) is 38.8. The summed E-state index contributed by atoms with van der Waals surface area (Å²) in [4.78, 5) is 0. The Morgan fingerprint density at radius 1 is 0.600 bits per heavy atom. The van der Waals surface area contributed by atoms with Crippen LogP contribution in [0.3, 0.4) is 0 Å². The van der Waals surface area contributed by atoms with Crippen LogP contribution in [0.25, 0.3) is 0 Å². The van der Waals surface area contributed by atoms with Gasteiger partial charge in [0.25, 0.3) is 0 Å². The molecule has 0 aromatic heterocycles. The van der Waals surface area contributed by atoms with Crippen molar-refractivity contribution in [1.29, 1.82) is 0 Å². The van der Waals surface area contributed by atoms with Crippen molar-refractivity contribution in [3.63, 3.8) is 0 Å². The molecule has 4 N–H and O–H groups in total. The van der Waals surface area contributed by atoms with E-state index in [0.717, 1.165) is 12.2 Å². The topological polar surface area (TPSA) is 90.2 Å². The first-order chi connectivity index (χ1) is 14.6. The molecule has 1 saturated heterocycles. The van der Waals surface area contributed by atoms with E-state index in [0.29, 0.717) is 0 Å². The summed E-state index contributed by atoms with van der Waals surface area (Å²) >= 11 is 1.46. The number of aliphatic hydroxyl groups is 4. The fourth-order valence-electron chi connectivity index (χ4n) is 4.05. The summed E-state index contributed by atoms with van der Waals surface area (Å²) in [5.41, 5.74) is -0.586. The van der Waals surface area contributed by atoms with Crippen LogP contribution in [0.15, 0.2) is 0 Å². The molecule has 0 bridgehead atoms. The third-order valence-electron chi connectivity index (χ3n) is 6.13. The Morgan fingerprint density at radius 2 is 1.03 bits per heavy atom. The molecular weight excluding hydrogens is 400 g/mol. The third kappa shape index (κ3) is 12.3. The normalized spacial score (nSPS) is 26.9. The van der Waals surface area contributed by atoms with Crippen LogP contribution < -0.4 is 0 Å². The molecule has 1 unspecified atom stereocenters. The second-order valence-electron chi connectivity index (χ2n) is 8.87. The maximum absolute atomic E-state index is 10.0. The van der Waals surface area contributed by atoms with E-state index in [4.69, 9.17) is 4.74 Å². The van der Waals surface area contributed by atoms with Gasteiger partial charge in [0.1, 0.15) is 29.9 Å². The average molecular weight is 449 g/mol. The lowest BCUT2D eigenvalue weighted by Gasteiger charge is -2.39. The highest BCUT2D eigenvalue weighted by Crippen LogP contribution is 2.29. The Labute approximate surface area is 189 Å². The first-order valence-corrected chi connectivity index (χ1v) is 13.6. The largest absolute Gasteiger partial charge is 0.394 e. The van der Waals surface area contributed by atoms with E-state index < -0.39 is 29.9 Å². The van der Waals surface area contributed by atoms with Gasteiger partial charge in [-0.2, -0.15) is 0 Å². The van der Waals surface area contributed by atoms with Gasteiger partial charge in [0.05, 0.1) is 6.61 Å². The molecule has 180 valence electrons. The Morgan fingerprint density at radius 3 is 1.47 bits per heavy atom. The molecular formula is C24H48O5S. The molecule has 0 aromatic rings. The van der Waals surface area contributed by atoms with Crippen molar-refractivity contribution in [2.45, 2.75) is 140 Å². The highest BCUT2D eigenvalue weighted by molar-refractivity contribution is 7.99. The lowest BCUT2D eigenvalue weighted by Crippen LogP contribution is -2.57. The number of hydrogen-bond donors (Lipinski definition) is 4. The lowest BCUT2D eigenvalue weighted by molar-refractivity contribution is -0.205. The summed E-state index contributed by atoms with van der Waals surface area (Å²) in [6, 6.07) is 0. The standard InChI is InChI=1S/C24H48O5S/c1-2-3-4-5-6-7-8-9-10-11-12-13-14-15-16-17-18-30-24-23(28)22(27)21(26)20(19-25)29-24/h20-28H,2-19H2,1H3/t20-,21-,22+,23-,24?/m1/s1. The third-order valence-corrected chi connectivity index (χ3v) is 7.37. The molecule has 1 aliphatic heterocycles. The van der Waals surface area contributed by atoms with Gasteiger partial charge in [-0.15, -0.1) is 11.8 Å². The van der Waals surface area contributed by atoms with E-state index in [1.807, 2.05) is 0 Å². The fraction of sp³-hybridized carbons (Fsp3) is 1.00. The molecule has 1 fully saturated rings. The van der Waals surface area contributed by atoms with Crippen LogP contribution in [0.1, 0.15) is 110 Å². The van der Waals surface area contributed by atoms with Gasteiger partial charge in [0.2, 0.25) is 0 Å². The van der Waals surface area contributed by atoms with Crippen LogP contribution in [0, 0.1) is 0 Å². The molecule has 1 heterocycles. The van der Waals surface area contributed by atoms with Crippen molar-refractivity contribution >= 4 is 11.8 Å². The van der Waals surface area contributed by atoms with E-state index in [-0.39, 0.29) is 6.61 Å². The molecule has 0 radical (unpaired) electrons. The Balaban J connectivity index is 1.85. The van der Waals surface area contributed by atoms with Crippen molar-refractivity contribution in [3.05, 3.63) is 0 Å². The summed E-state index contributed by atoms with van der Waals surface area (Å²) in [6.07, 6.45) is 17.0. The minimum absolute atomic E-state index is 0.360. The zero-order valence-electron chi connectivity index (χ0n) is 19.2. The minimum atomic E-state index is -1.26. The van der Waals surface area contributed by atoms with Crippen molar-refractivity contribution < 1.29 is 25.2 Å². The van der Waals surface area contributed by atoms with Gasteiger partial charge in [0, 0.05) is 0 Å². The van der Waals surface area contributed by atoms with Crippen molar-refractivity contribution in [1.82, 2.24) is 0 Å². The van der Waals surface area contributed by atoms with Gasteiger partial charge < -0.3 is 25.2 Å². The number of unbranched alkanes of at least 4 members (excludes halogenated alkanes) is 15. The van der Waals surface area contributed by atoms with Crippen LogP contribution in [0.5, 0.6) is 0 Å². The van der Waals surface area contributed by atoms with Gasteiger partial charge in [-0.1, -0.05) is 103 Å². The van der Waals surface area contributed by atoms with Crippen LogP contribution >= 0.6 is 11.8 Å². The number of thioether (sulfide) groups is 1. The maximum Gasteiger partial charge on any atom is 0.132 e. The lowest BCUT2D eigenvalue weighted by atomic mass is 10.0. The second kappa shape index (κ2) is 18.7. The number of rotatable bonds is 19. The average Bonchev–Trinajstić information content (AvgIpc) is 2.75. The van der Waals surface area contributed by atoms with E-state index in [1.54, 1.807) is 0 Å². The highest BCUT2D eigenvalue weighted by atomic mass is 32.2. The van der Waals surface area contributed by atoms with Gasteiger partial charge in [0.15, 0.2) is 0 Å². The minimum Gasteiger partial charge on any atom is -0.394 e. The molecule has 0 aromatic carbocycles. The first kappa shape index (κ1) is 28.2. The van der Waals surface area contributed by atoms with E-state index in [9.17, 15) is 20.4 Å². The fourth-order valence-corrected chi connectivity index (χ4v) is 5.24. The SMILES string of the molecule is CCCCCCCCCCCCCCCCCCSC1O[C@H](CO)[C@@H](O)[C@H](O)[C@H]1O. The van der Waals surface area contributed by atoms with Crippen LogP contribution in [0.2, 0.25) is 0 Å². The molecule has 5 atom stereocenters. The molecule has 0 saturated carbocycles. The summed E-state index contributed by atoms with van der Waals surface area (Å²) < 4.78 is 5.51. The van der Waals surface area contributed by atoms with Gasteiger partial charge in [-0.25, -0.2) is 0 Å². The molecule has 0 amide bonds. The molecule has 6 heteroatoms. The van der Waals surface area contributed by atoms with E-state index in [2.05, 4.69) is 6.92 Å². The molecule has 5 nitrogen and oxygen atoms in total. The Hall–Kier alpha value is 0.150. The molecule has 1 rings (SSSR count). The molecule has 30 heavy (non-hydrogen) atoms. The monoisotopic (exact) mass is 448 g/mol. The Kier molecular flexibility index (Phi) is 17.6. The van der Waals surface area contributed by atoms with Gasteiger partial charge in [-0.3, -0.25) is 0 Å². The second-order valence-corrected chi connectivity index (χ2v) is 10.1. The van der Waals surface area contributed by atoms with Crippen LogP contribution in [-0.2, 0) is 4.74 Å². The molecule has 0 aliphatic carbocycles. The molecule has 1 aliphatic rings. The molecule has 0 spiro atoms. The number of aliphatic hydroxyl groups excluding tert-OH is 4. The first-order valence-electron chi connectivity index (χ1n) is 12.5. The van der Waals surface area contributed by atoms with E-state index in [1.165, 1.54) is 108 Å². The quantitative estimate of drug-likeness (QED) is 0.213. The Bertz CT molecular complexity index is 383. The van der Waals surface area contributed by atoms with Gasteiger partial charge in [-0.05, 0) is 12.2 Å². The zero-order valence-corrected chi connectivity index (χ0v) is 20.0. The van der Waals surface area contributed by atoms with E-state index >= 15 is 0 Å². The zero-order chi connectivity index (χ0) is 22.0. The predicted molar refractivity (Wildman–Crippen MR) is 126 cm³/mol. The van der Waals surface area contributed by atoms with Gasteiger partial charge >= 0.3 is 0 Å². The van der Waals surface area contributed by atoms with Crippen molar-refractivity contribution in [2.75, 3.05) is 12.4 Å². The predicted octanol–water partition coefficient (Wildman–Crippen LogP) is 4.78. The number of hydrogen-bond acceptors (Lipinski definition) is 6. The van der Waals surface area contributed by atoms with Crippen molar-refractivity contribution in [2.24, 2.45) is 0 Å². The van der Waals surface area contributed by atoms with Crippen molar-refractivity contribution in [3.8, 4) is 0 Å². The maximum atomic E-state index is 10.0. The van der Waals surface area contributed by atoms with Crippen LogP contribution in [-0.4, -0.2) is 62.6 Å². The summed E-state index contributed by atoms with van der Waals surface area (Å²) in [7, 11) is 0. The summed E-state index contributed by atoms with van der Waals surface area (Å²) in [6.45, 7) is 1.91. The van der Waals surface area contributed by atoms with Crippen LogP contribution in [0.4, 0.5) is 0 Å². The smallest absolute Gasteiger partial charge is 0.132 e.